The summed E-state index contributed by atoms with van der Waals surface area (Å²) in [6.07, 6.45) is -3.29. The van der Waals surface area contributed by atoms with Gasteiger partial charge in [-0.25, -0.2) is 4.98 Å². The Labute approximate surface area is 196 Å². The quantitative estimate of drug-likeness (QED) is 0.588. The van der Waals surface area contributed by atoms with Crippen LogP contribution in [0.25, 0.3) is 0 Å². The molecule has 3 rings (SSSR count). The van der Waals surface area contributed by atoms with Crippen molar-refractivity contribution in [3.63, 3.8) is 0 Å². The van der Waals surface area contributed by atoms with E-state index in [1.54, 1.807) is 4.90 Å². The second kappa shape index (κ2) is 11.2. The third-order valence-corrected chi connectivity index (χ3v) is 6.36. The van der Waals surface area contributed by atoms with Crippen LogP contribution in [0.5, 0.6) is 5.75 Å². The molecule has 0 unspecified atom stereocenters. The van der Waals surface area contributed by atoms with Crippen molar-refractivity contribution >= 4 is 22.9 Å². The van der Waals surface area contributed by atoms with Crippen LogP contribution in [0.4, 0.5) is 18.9 Å². The molecule has 1 aromatic carbocycles. The summed E-state index contributed by atoms with van der Waals surface area (Å²) in [5.41, 5.74) is 1.80. The second-order valence-corrected chi connectivity index (χ2v) is 9.23. The molecule has 0 bridgehead atoms. The number of nitrogens with one attached hydrogen (secondary N) is 1. The van der Waals surface area contributed by atoms with Crippen LogP contribution in [-0.4, -0.2) is 79.0 Å². The van der Waals surface area contributed by atoms with Crippen LogP contribution in [0.15, 0.2) is 24.4 Å². The van der Waals surface area contributed by atoms with Gasteiger partial charge in [0.1, 0.15) is 12.4 Å². The Balaban J connectivity index is 1.69. The van der Waals surface area contributed by atoms with Crippen LogP contribution in [0.2, 0.25) is 0 Å². The minimum Gasteiger partial charge on any atom is -0.490 e. The molecule has 182 valence electrons. The second-order valence-electron chi connectivity index (χ2n) is 8.11. The number of thiazole rings is 1. The molecule has 33 heavy (non-hydrogen) atoms. The number of amides is 1. The minimum atomic E-state index is -4.48. The van der Waals surface area contributed by atoms with Crippen LogP contribution in [0.3, 0.4) is 0 Å². The molecule has 2 heterocycles. The summed E-state index contributed by atoms with van der Waals surface area (Å²) < 4.78 is 44.7. The lowest BCUT2D eigenvalue weighted by molar-refractivity contribution is -0.137. The number of fused-ring (bicyclic) bond motifs is 1. The normalized spacial score (nSPS) is 14.5. The molecule has 0 spiro atoms. The van der Waals surface area contributed by atoms with E-state index in [1.165, 1.54) is 6.20 Å². The number of aromatic nitrogens is 1. The van der Waals surface area contributed by atoms with E-state index in [0.29, 0.717) is 35.9 Å². The number of hydrogen-bond donors (Lipinski definition) is 1. The molecule has 7 nitrogen and oxygen atoms in total. The summed E-state index contributed by atoms with van der Waals surface area (Å²) in [5, 5.41) is 2.27. The molecule has 1 amide bonds. The number of alkyl halides is 3. The Kier molecular flexibility index (Phi) is 8.55. The Bertz CT molecular complexity index is 935. The average Bonchev–Trinajstić information content (AvgIpc) is 3.14. The lowest BCUT2D eigenvalue weighted by atomic mass is 10.1. The first-order chi connectivity index (χ1) is 15.7. The van der Waals surface area contributed by atoms with Crippen molar-refractivity contribution in [3.05, 3.63) is 39.8 Å². The predicted molar refractivity (Wildman–Crippen MR) is 122 cm³/mol. The summed E-state index contributed by atoms with van der Waals surface area (Å²) >= 11 is 0.569. The number of anilines is 1. The first-order valence-electron chi connectivity index (χ1n) is 10.8. The molecular formula is C22H30F3N5O2S. The number of likely N-dealkylation sites (N-methyl/N-ethyl adjacent to an activating group) is 2. The molecule has 0 saturated carbocycles. The first kappa shape index (κ1) is 25.3. The van der Waals surface area contributed by atoms with Crippen molar-refractivity contribution in [2.24, 2.45) is 0 Å². The Morgan fingerprint density at radius 1 is 1.30 bits per heavy atom. The maximum absolute atomic E-state index is 13.0. The number of carbonyl (C=O) groups excluding carboxylic acids is 1. The third kappa shape index (κ3) is 7.05. The zero-order chi connectivity index (χ0) is 24.0. The molecule has 0 fully saturated rings. The Hall–Kier alpha value is -2.37. The summed E-state index contributed by atoms with van der Waals surface area (Å²) in [4.78, 5) is 22.7. The number of hydrogen-bond acceptors (Lipinski definition) is 7. The summed E-state index contributed by atoms with van der Waals surface area (Å²) in [7, 11) is 3.76. The van der Waals surface area contributed by atoms with Gasteiger partial charge in [0.05, 0.1) is 18.8 Å². The molecule has 0 aliphatic carbocycles. The lowest BCUT2D eigenvalue weighted by Crippen LogP contribution is -2.39. The van der Waals surface area contributed by atoms with E-state index in [0.717, 1.165) is 36.6 Å². The highest BCUT2D eigenvalue weighted by Crippen LogP contribution is 2.33. The SMILES string of the molecule is CCN1CCOc2c(cccc2NCC(=O)N(CCN(C)C)Cc2cnc(C(F)(F)F)s2)C1. The van der Waals surface area contributed by atoms with Gasteiger partial charge in [-0.2, -0.15) is 13.2 Å². The molecule has 0 atom stereocenters. The highest BCUT2D eigenvalue weighted by atomic mass is 32.1. The molecule has 1 aliphatic heterocycles. The van der Waals surface area contributed by atoms with Crippen molar-refractivity contribution < 1.29 is 22.7 Å². The van der Waals surface area contributed by atoms with Gasteiger partial charge >= 0.3 is 6.18 Å². The highest BCUT2D eigenvalue weighted by Gasteiger charge is 2.34. The van der Waals surface area contributed by atoms with Gasteiger partial charge in [-0.15, -0.1) is 11.3 Å². The highest BCUT2D eigenvalue weighted by molar-refractivity contribution is 7.11. The fourth-order valence-corrected chi connectivity index (χ4v) is 4.28. The topological polar surface area (TPSA) is 60.9 Å². The van der Waals surface area contributed by atoms with E-state index in [4.69, 9.17) is 4.74 Å². The summed E-state index contributed by atoms with van der Waals surface area (Å²) in [6.45, 7) is 6.27. The van der Waals surface area contributed by atoms with Crippen LogP contribution >= 0.6 is 11.3 Å². The Morgan fingerprint density at radius 2 is 2.09 bits per heavy atom. The standard InChI is InChI=1S/C22H30F3N5O2S/c1-4-29-10-11-32-20-16(14-29)6-5-7-18(20)26-13-19(31)30(9-8-28(2)3)15-17-12-27-21(33-17)22(23,24)25/h5-7,12,26H,4,8-11,13-15H2,1-3H3. The van der Waals surface area contributed by atoms with Gasteiger partial charge < -0.3 is 19.9 Å². The van der Waals surface area contributed by atoms with Crippen LogP contribution in [0.1, 0.15) is 22.4 Å². The zero-order valence-corrected chi connectivity index (χ0v) is 19.9. The summed E-state index contributed by atoms with van der Waals surface area (Å²) in [5.74, 6) is 0.540. The van der Waals surface area contributed by atoms with Crippen molar-refractivity contribution in [1.82, 2.24) is 19.7 Å². The molecule has 1 aromatic heterocycles. The molecule has 0 saturated heterocycles. The van der Waals surface area contributed by atoms with E-state index in [9.17, 15) is 18.0 Å². The van der Waals surface area contributed by atoms with E-state index < -0.39 is 11.2 Å². The summed E-state index contributed by atoms with van der Waals surface area (Å²) in [6, 6.07) is 5.81. The number of rotatable bonds is 9. The number of nitrogens with zero attached hydrogens (tertiary/aromatic N) is 4. The predicted octanol–water partition coefficient (Wildman–Crippen LogP) is 3.38. The average molecular weight is 486 g/mol. The van der Waals surface area contributed by atoms with Crippen LogP contribution < -0.4 is 10.1 Å². The van der Waals surface area contributed by atoms with Gasteiger partial charge in [-0.1, -0.05) is 19.1 Å². The maximum Gasteiger partial charge on any atom is 0.443 e. The van der Waals surface area contributed by atoms with Gasteiger partial charge in [0.2, 0.25) is 5.91 Å². The number of benzene rings is 1. The van der Waals surface area contributed by atoms with E-state index >= 15 is 0 Å². The van der Waals surface area contributed by atoms with Crippen LogP contribution in [-0.2, 0) is 24.1 Å². The smallest absolute Gasteiger partial charge is 0.443 e. The molecule has 0 radical (unpaired) electrons. The largest absolute Gasteiger partial charge is 0.490 e. The fraction of sp³-hybridized carbons (Fsp3) is 0.545. The van der Waals surface area contributed by atoms with Crippen molar-refractivity contribution in [2.75, 3.05) is 58.7 Å². The lowest BCUT2D eigenvalue weighted by Gasteiger charge is -2.24. The molecule has 11 heteroatoms. The molecule has 1 N–H and O–H groups in total. The number of halogens is 3. The van der Waals surface area contributed by atoms with Gasteiger partial charge in [-0.05, 0) is 26.7 Å². The van der Waals surface area contributed by atoms with E-state index in [2.05, 4.69) is 22.1 Å². The number of para-hydroxylation sites is 1. The van der Waals surface area contributed by atoms with Crippen molar-refractivity contribution in [2.45, 2.75) is 26.2 Å². The molecular weight excluding hydrogens is 455 g/mol. The molecule has 1 aliphatic rings. The van der Waals surface area contributed by atoms with Gasteiger partial charge in [0, 0.05) is 42.8 Å². The maximum atomic E-state index is 13.0. The minimum absolute atomic E-state index is 0.00959. The van der Waals surface area contributed by atoms with Crippen LogP contribution in [0, 0.1) is 0 Å². The Morgan fingerprint density at radius 3 is 2.76 bits per heavy atom. The first-order valence-corrected chi connectivity index (χ1v) is 11.6. The van der Waals surface area contributed by atoms with Crippen molar-refractivity contribution in [3.8, 4) is 5.75 Å². The van der Waals surface area contributed by atoms with E-state index in [-0.39, 0.29) is 19.0 Å². The monoisotopic (exact) mass is 485 g/mol. The van der Waals surface area contributed by atoms with E-state index in [1.807, 2.05) is 37.2 Å². The van der Waals surface area contributed by atoms with Crippen molar-refractivity contribution in [1.29, 1.82) is 0 Å². The van der Waals surface area contributed by atoms with Gasteiger partial charge in [0.25, 0.3) is 0 Å². The third-order valence-electron chi connectivity index (χ3n) is 5.33. The van der Waals surface area contributed by atoms with Gasteiger partial charge in [0.15, 0.2) is 5.01 Å². The number of ether oxygens (including phenoxy) is 1. The molecule has 2 aromatic rings. The fourth-order valence-electron chi connectivity index (χ4n) is 3.48. The van der Waals surface area contributed by atoms with Gasteiger partial charge in [-0.3, -0.25) is 9.69 Å². The number of carbonyl (C=O) groups is 1. The zero-order valence-electron chi connectivity index (χ0n) is 19.1.